The number of amidine groups is 1. The highest BCUT2D eigenvalue weighted by Crippen LogP contribution is 2.17. The topological polar surface area (TPSA) is 220 Å². The molecule has 1 aromatic carbocycles. The molecule has 11 N–H and O–H groups in total. The van der Waals surface area contributed by atoms with Gasteiger partial charge < -0.3 is 47.5 Å². The molecule has 4 unspecified atom stereocenters. The van der Waals surface area contributed by atoms with Crippen LogP contribution in [-0.4, -0.2) is 117 Å². The number of benzene rings is 1. The van der Waals surface area contributed by atoms with Gasteiger partial charge in [0.15, 0.2) is 16.9 Å². The molecule has 0 fully saturated rings. The minimum Gasteiger partial charge on any atom is -0.492 e. The van der Waals surface area contributed by atoms with E-state index in [0.29, 0.717) is 32.1 Å². The standard InChI is InChI=1S/C29H50ClN7O6/c1-2-3-4-7-14-36(17-22(39)25(41)26(42)23(40)19-38)15-16-43-21-11-9-20(10-12-21)8-5-6-13-34-29(33)37-18-24(31)35-28(32)27(37)30/h9-12,22-23,25-26,38-42H,2-8,13-19,32H2,1H3,(H2,31,35)(H2,33,34). The molecular formula is C29H50ClN7O6. The third-order valence-corrected chi connectivity index (χ3v) is 7.55. The molecule has 1 aliphatic heterocycles. The molecule has 14 heteroatoms. The van der Waals surface area contributed by atoms with Gasteiger partial charge in [-0.2, -0.15) is 0 Å². The van der Waals surface area contributed by atoms with Crippen LogP contribution in [0.3, 0.4) is 0 Å². The van der Waals surface area contributed by atoms with Gasteiger partial charge in [0.25, 0.3) is 0 Å². The summed E-state index contributed by atoms with van der Waals surface area (Å²) in [6.07, 6.45) is 0.735. The third-order valence-electron chi connectivity index (χ3n) is 7.15. The third kappa shape index (κ3) is 12.9. The van der Waals surface area contributed by atoms with E-state index in [-0.39, 0.29) is 30.0 Å². The van der Waals surface area contributed by atoms with E-state index in [1.807, 2.05) is 29.2 Å². The quantitative estimate of drug-likeness (QED) is 0.0417. The van der Waals surface area contributed by atoms with Gasteiger partial charge in [0.1, 0.15) is 36.5 Å². The molecular weight excluding hydrogens is 578 g/mol. The lowest BCUT2D eigenvalue weighted by molar-refractivity contribution is -0.119. The SMILES string of the molecule is CCCCCCN(CCOc1ccc(CCCCN=C(N)N2CC(N)=NC(N)=C2Cl)cc1)CC(O)C(O)C(O)C(O)CO. The molecule has 2 rings (SSSR count). The lowest BCUT2D eigenvalue weighted by Gasteiger charge is -2.30. The molecule has 0 aliphatic carbocycles. The van der Waals surface area contributed by atoms with Crippen LogP contribution in [0.25, 0.3) is 0 Å². The molecule has 13 nitrogen and oxygen atoms in total. The number of aliphatic hydroxyl groups excluding tert-OH is 5. The van der Waals surface area contributed by atoms with Gasteiger partial charge in [-0.1, -0.05) is 49.9 Å². The van der Waals surface area contributed by atoms with Gasteiger partial charge in [0.2, 0.25) is 0 Å². The van der Waals surface area contributed by atoms with Gasteiger partial charge >= 0.3 is 0 Å². The van der Waals surface area contributed by atoms with Crippen molar-refractivity contribution in [2.24, 2.45) is 27.2 Å². The number of aliphatic hydroxyl groups is 5. The van der Waals surface area contributed by atoms with Crippen molar-refractivity contribution in [3.8, 4) is 5.75 Å². The summed E-state index contributed by atoms with van der Waals surface area (Å²) in [6, 6.07) is 7.88. The van der Waals surface area contributed by atoms with Crippen LogP contribution in [0.4, 0.5) is 0 Å². The van der Waals surface area contributed by atoms with Crippen molar-refractivity contribution >= 4 is 23.4 Å². The van der Waals surface area contributed by atoms with Crippen LogP contribution in [0.5, 0.6) is 5.75 Å². The molecule has 0 amide bonds. The number of guanidine groups is 1. The number of hydrogen-bond donors (Lipinski definition) is 8. The summed E-state index contributed by atoms with van der Waals surface area (Å²) in [5.74, 6) is 1.40. The Hall–Kier alpha value is -2.65. The highest BCUT2D eigenvalue weighted by atomic mass is 35.5. The van der Waals surface area contributed by atoms with E-state index in [0.717, 1.165) is 50.7 Å². The highest BCUT2D eigenvalue weighted by molar-refractivity contribution is 6.31. The van der Waals surface area contributed by atoms with E-state index in [2.05, 4.69) is 16.9 Å². The summed E-state index contributed by atoms with van der Waals surface area (Å²) in [7, 11) is 0. The van der Waals surface area contributed by atoms with Crippen LogP contribution in [0.2, 0.25) is 0 Å². The number of ether oxygens (including phenoxy) is 1. The Kier molecular flexibility index (Phi) is 16.6. The maximum atomic E-state index is 10.5. The van der Waals surface area contributed by atoms with Crippen LogP contribution >= 0.6 is 11.6 Å². The molecule has 4 atom stereocenters. The van der Waals surface area contributed by atoms with Gasteiger partial charge in [-0.05, 0) is 49.9 Å². The molecule has 0 radical (unpaired) electrons. The molecule has 43 heavy (non-hydrogen) atoms. The predicted octanol–water partition coefficient (Wildman–Crippen LogP) is 0.0179. The first kappa shape index (κ1) is 36.5. The van der Waals surface area contributed by atoms with Gasteiger partial charge in [-0.3, -0.25) is 14.8 Å². The zero-order chi connectivity index (χ0) is 31.8. The second kappa shape index (κ2) is 19.6. The highest BCUT2D eigenvalue weighted by Gasteiger charge is 2.31. The van der Waals surface area contributed by atoms with E-state index < -0.39 is 31.0 Å². The van der Waals surface area contributed by atoms with E-state index in [4.69, 9.17) is 38.6 Å². The van der Waals surface area contributed by atoms with Gasteiger partial charge in [-0.25, -0.2) is 4.99 Å². The van der Waals surface area contributed by atoms with E-state index >= 15 is 0 Å². The summed E-state index contributed by atoms with van der Waals surface area (Å²) in [5.41, 5.74) is 18.7. The summed E-state index contributed by atoms with van der Waals surface area (Å²) in [5, 5.41) is 49.4. The molecule has 0 saturated heterocycles. The Bertz CT molecular complexity index is 1040. The van der Waals surface area contributed by atoms with Gasteiger partial charge in [0, 0.05) is 19.6 Å². The minimum atomic E-state index is -1.64. The number of unbranched alkanes of at least 4 members (excludes halogenated alkanes) is 4. The van der Waals surface area contributed by atoms with Crippen LogP contribution in [0.15, 0.2) is 45.2 Å². The Morgan fingerprint density at radius 3 is 2.40 bits per heavy atom. The van der Waals surface area contributed by atoms with E-state index in [1.165, 1.54) is 10.5 Å². The summed E-state index contributed by atoms with van der Waals surface area (Å²) in [4.78, 5) is 11.8. The van der Waals surface area contributed by atoms with Gasteiger partial charge in [-0.15, -0.1) is 0 Å². The number of nitrogens with zero attached hydrogens (tertiary/aromatic N) is 4. The van der Waals surface area contributed by atoms with Gasteiger partial charge in [0.05, 0.1) is 19.3 Å². The van der Waals surface area contributed by atoms with Crippen LogP contribution in [0, 0.1) is 0 Å². The lowest BCUT2D eigenvalue weighted by atomic mass is 10.0. The summed E-state index contributed by atoms with van der Waals surface area (Å²) < 4.78 is 5.93. The van der Waals surface area contributed by atoms with Crippen LogP contribution in [0.1, 0.15) is 51.0 Å². The van der Waals surface area contributed by atoms with Crippen molar-refractivity contribution in [3.63, 3.8) is 0 Å². The number of hydrogen-bond acceptors (Lipinski definition) is 11. The fraction of sp³-hybridized carbons (Fsp3) is 0.655. The maximum Gasteiger partial charge on any atom is 0.197 e. The summed E-state index contributed by atoms with van der Waals surface area (Å²) >= 11 is 6.16. The minimum absolute atomic E-state index is 0.0959. The molecule has 0 spiro atoms. The maximum absolute atomic E-state index is 10.5. The first-order valence-corrected chi connectivity index (χ1v) is 15.3. The first-order chi connectivity index (χ1) is 20.6. The van der Waals surface area contributed by atoms with E-state index in [1.54, 1.807) is 0 Å². The fourth-order valence-corrected chi connectivity index (χ4v) is 4.73. The Labute approximate surface area is 259 Å². The van der Waals surface area contributed by atoms with Crippen molar-refractivity contribution < 1.29 is 30.3 Å². The van der Waals surface area contributed by atoms with Crippen LogP contribution in [-0.2, 0) is 6.42 Å². The summed E-state index contributed by atoms with van der Waals surface area (Å²) in [6.45, 7) is 3.86. The van der Waals surface area contributed by atoms with Crippen molar-refractivity contribution in [1.29, 1.82) is 0 Å². The second-order valence-corrected chi connectivity index (χ2v) is 11.1. The number of halogens is 1. The van der Waals surface area contributed by atoms with Crippen molar-refractivity contribution in [2.75, 3.05) is 45.9 Å². The Morgan fingerprint density at radius 1 is 1.02 bits per heavy atom. The zero-order valence-corrected chi connectivity index (χ0v) is 25.8. The molecule has 244 valence electrons. The fourth-order valence-electron chi connectivity index (χ4n) is 4.54. The number of nitrogens with two attached hydrogens (primary N) is 3. The molecule has 1 heterocycles. The molecule has 1 aliphatic rings. The van der Waals surface area contributed by atoms with Crippen molar-refractivity contribution in [1.82, 2.24) is 9.80 Å². The Balaban J connectivity index is 1.77. The smallest absolute Gasteiger partial charge is 0.197 e. The Morgan fingerprint density at radius 2 is 1.72 bits per heavy atom. The average Bonchev–Trinajstić information content (AvgIpc) is 3.00. The van der Waals surface area contributed by atoms with Crippen molar-refractivity contribution in [2.45, 2.75) is 76.3 Å². The molecule has 0 aromatic heterocycles. The number of rotatable bonds is 20. The van der Waals surface area contributed by atoms with Crippen molar-refractivity contribution in [3.05, 3.63) is 40.8 Å². The molecule has 0 saturated carbocycles. The number of aryl methyl sites for hydroxylation is 1. The average molecular weight is 628 g/mol. The predicted molar refractivity (Wildman–Crippen MR) is 168 cm³/mol. The number of aliphatic imine (C=N–C) groups is 2. The lowest BCUT2D eigenvalue weighted by Crippen LogP contribution is -2.50. The van der Waals surface area contributed by atoms with Crippen LogP contribution < -0.4 is 21.9 Å². The normalized spacial score (nSPS) is 17.2. The molecule has 0 bridgehead atoms. The van der Waals surface area contributed by atoms with E-state index in [9.17, 15) is 20.4 Å². The molecule has 1 aromatic rings. The first-order valence-electron chi connectivity index (χ1n) is 14.9. The largest absolute Gasteiger partial charge is 0.492 e. The second-order valence-electron chi connectivity index (χ2n) is 10.7. The zero-order valence-electron chi connectivity index (χ0n) is 25.1. The monoisotopic (exact) mass is 627 g/mol.